The van der Waals surface area contributed by atoms with Crippen LogP contribution in [0.25, 0.3) is 11.1 Å². The van der Waals surface area contributed by atoms with E-state index in [1.807, 2.05) is 48.5 Å². The van der Waals surface area contributed by atoms with E-state index in [-0.39, 0.29) is 29.1 Å². The van der Waals surface area contributed by atoms with E-state index in [4.69, 9.17) is 29.2 Å². The molecule has 228 valence electrons. The second-order valence-electron chi connectivity index (χ2n) is 9.16. The van der Waals surface area contributed by atoms with Crippen LogP contribution >= 0.6 is 0 Å². The number of aliphatic hydroxyl groups excluding tert-OH is 2. The standard InChI is InChI=1S/C34H30F2O8/c1-23(19-37)33(39)43-21-41-30-16-29(17-31(18-30)42-22-44-34(40)24(2)20-38)28-14-12-27(13-15-28)11-10-26-8-6-25(7-9-26)4-3-5-32(35)36/h5-9,12-18,37-38H,1-4,19-22H2. The number of esters is 2. The first-order valence-electron chi connectivity index (χ1n) is 13.2. The van der Waals surface area contributed by atoms with Gasteiger partial charge in [0.1, 0.15) is 11.5 Å². The number of aliphatic hydroxyl groups is 2. The van der Waals surface area contributed by atoms with Crippen LogP contribution in [0.15, 0.2) is 103 Å². The minimum absolute atomic E-state index is 0.126. The molecular formula is C34H30F2O8. The second-order valence-corrected chi connectivity index (χ2v) is 9.16. The lowest BCUT2D eigenvalue weighted by atomic mass is 10.0. The number of carbonyl (C=O) groups is 2. The number of ether oxygens (including phenoxy) is 4. The first-order valence-corrected chi connectivity index (χ1v) is 13.2. The topological polar surface area (TPSA) is 112 Å². The Bertz CT molecular complexity index is 1510. The zero-order valence-electron chi connectivity index (χ0n) is 23.7. The Morgan fingerprint density at radius 3 is 1.66 bits per heavy atom. The highest BCUT2D eigenvalue weighted by Gasteiger charge is 2.11. The number of aryl methyl sites for hydroxylation is 1. The Hall–Kier alpha value is -5.24. The first-order chi connectivity index (χ1) is 21.2. The SMILES string of the molecule is C=C(CO)C(=O)OCOc1cc(OCOC(=O)C(=C)CO)cc(-c2ccc(C#Cc3ccc(CCC=C(F)F)cc3)cc2)c1. The summed E-state index contributed by atoms with van der Waals surface area (Å²) in [6.45, 7) is 4.76. The van der Waals surface area contributed by atoms with Crippen molar-refractivity contribution in [2.45, 2.75) is 12.8 Å². The van der Waals surface area contributed by atoms with Gasteiger partial charge in [-0.1, -0.05) is 49.3 Å². The lowest BCUT2D eigenvalue weighted by molar-refractivity contribution is -0.146. The van der Waals surface area contributed by atoms with Gasteiger partial charge in [-0.05, 0) is 72.0 Å². The minimum Gasteiger partial charge on any atom is -0.457 e. The molecule has 0 radical (unpaired) electrons. The van der Waals surface area contributed by atoms with E-state index in [2.05, 4.69) is 25.0 Å². The molecule has 3 aromatic rings. The van der Waals surface area contributed by atoms with Gasteiger partial charge in [0.15, 0.2) is 0 Å². The van der Waals surface area contributed by atoms with E-state index >= 15 is 0 Å². The zero-order chi connectivity index (χ0) is 31.9. The normalized spacial score (nSPS) is 10.1. The first kappa shape index (κ1) is 33.3. The maximum atomic E-state index is 12.2. The van der Waals surface area contributed by atoms with Gasteiger partial charge in [0.05, 0.1) is 24.4 Å². The summed E-state index contributed by atoms with van der Waals surface area (Å²) < 4.78 is 45.4. The smallest absolute Gasteiger partial charge is 0.338 e. The summed E-state index contributed by atoms with van der Waals surface area (Å²) in [7, 11) is 0. The van der Waals surface area contributed by atoms with Crippen LogP contribution in [0.4, 0.5) is 8.78 Å². The molecule has 44 heavy (non-hydrogen) atoms. The van der Waals surface area contributed by atoms with Gasteiger partial charge >= 0.3 is 11.9 Å². The molecule has 0 aromatic heterocycles. The monoisotopic (exact) mass is 604 g/mol. The van der Waals surface area contributed by atoms with Gasteiger partial charge in [0.2, 0.25) is 13.6 Å². The molecule has 0 unspecified atom stereocenters. The largest absolute Gasteiger partial charge is 0.457 e. The summed E-state index contributed by atoms with van der Waals surface area (Å²) in [6.07, 6.45) is 0.00641. The van der Waals surface area contributed by atoms with Crippen molar-refractivity contribution in [2.75, 3.05) is 26.8 Å². The van der Waals surface area contributed by atoms with Crippen molar-refractivity contribution in [2.24, 2.45) is 0 Å². The van der Waals surface area contributed by atoms with E-state index < -0.39 is 44.8 Å². The Balaban J connectivity index is 1.73. The Kier molecular flexibility index (Phi) is 12.9. The Labute approximate surface area is 253 Å². The van der Waals surface area contributed by atoms with Crippen molar-refractivity contribution in [3.63, 3.8) is 0 Å². The fraction of sp³-hybridized carbons (Fsp3) is 0.176. The fourth-order valence-electron chi connectivity index (χ4n) is 3.53. The molecule has 0 aliphatic heterocycles. The van der Waals surface area contributed by atoms with Crippen molar-refractivity contribution >= 4 is 11.9 Å². The van der Waals surface area contributed by atoms with E-state index in [9.17, 15) is 18.4 Å². The maximum Gasteiger partial charge on any atom is 0.338 e. The predicted molar refractivity (Wildman–Crippen MR) is 159 cm³/mol. The summed E-state index contributed by atoms with van der Waals surface area (Å²) in [4.78, 5) is 23.5. The molecule has 3 rings (SSSR count). The van der Waals surface area contributed by atoms with Gasteiger partial charge < -0.3 is 29.2 Å². The molecule has 0 bridgehead atoms. The molecule has 0 amide bonds. The molecule has 0 saturated carbocycles. The van der Waals surface area contributed by atoms with Gasteiger partial charge in [-0.3, -0.25) is 0 Å². The molecule has 3 aromatic carbocycles. The molecule has 0 aliphatic carbocycles. The van der Waals surface area contributed by atoms with Crippen molar-refractivity contribution in [3.05, 3.63) is 120 Å². The fourth-order valence-corrected chi connectivity index (χ4v) is 3.53. The summed E-state index contributed by atoms with van der Waals surface area (Å²) in [5, 5.41) is 18.0. The van der Waals surface area contributed by atoms with Crippen LogP contribution in [0.5, 0.6) is 11.5 Å². The lowest BCUT2D eigenvalue weighted by Gasteiger charge is -2.13. The van der Waals surface area contributed by atoms with Gasteiger partial charge in [0.25, 0.3) is 6.08 Å². The van der Waals surface area contributed by atoms with Crippen LogP contribution in [-0.4, -0.2) is 49.0 Å². The molecule has 0 fully saturated rings. The van der Waals surface area contributed by atoms with Gasteiger partial charge in [0, 0.05) is 17.2 Å². The quantitative estimate of drug-likeness (QED) is 0.110. The molecule has 2 N–H and O–H groups in total. The zero-order valence-corrected chi connectivity index (χ0v) is 23.7. The molecular weight excluding hydrogens is 574 g/mol. The maximum absolute atomic E-state index is 12.2. The third-order valence-electron chi connectivity index (χ3n) is 5.93. The van der Waals surface area contributed by atoms with E-state index in [1.54, 1.807) is 12.1 Å². The molecule has 0 spiro atoms. The number of rotatable bonds is 14. The summed E-state index contributed by atoms with van der Waals surface area (Å²) >= 11 is 0. The van der Waals surface area contributed by atoms with Crippen LogP contribution in [-0.2, 0) is 25.5 Å². The van der Waals surface area contributed by atoms with Crippen molar-refractivity contribution < 1.29 is 47.5 Å². The number of allylic oxidation sites excluding steroid dienone is 1. The van der Waals surface area contributed by atoms with Crippen LogP contribution in [0.2, 0.25) is 0 Å². The van der Waals surface area contributed by atoms with E-state index in [0.29, 0.717) is 12.0 Å². The summed E-state index contributed by atoms with van der Waals surface area (Å²) in [6, 6.07) is 19.6. The highest BCUT2D eigenvalue weighted by atomic mass is 19.3. The second kappa shape index (κ2) is 17.0. The van der Waals surface area contributed by atoms with Crippen molar-refractivity contribution in [3.8, 4) is 34.5 Å². The Morgan fingerprint density at radius 1 is 0.727 bits per heavy atom. The highest BCUT2D eigenvalue weighted by molar-refractivity contribution is 5.88. The number of carbonyl (C=O) groups excluding carboxylic acids is 2. The number of hydrogen-bond acceptors (Lipinski definition) is 8. The van der Waals surface area contributed by atoms with Crippen LogP contribution in [0.3, 0.4) is 0 Å². The molecule has 0 atom stereocenters. The van der Waals surface area contributed by atoms with E-state index in [1.165, 1.54) is 6.07 Å². The van der Waals surface area contributed by atoms with Crippen LogP contribution in [0, 0.1) is 11.8 Å². The molecule has 0 saturated heterocycles. The lowest BCUT2D eigenvalue weighted by Crippen LogP contribution is -2.14. The molecule has 8 nitrogen and oxygen atoms in total. The number of hydrogen-bond donors (Lipinski definition) is 2. The van der Waals surface area contributed by atoms with Crippen LogP contribution < -0.4 is 9.47 Å². The Morgan fingerprint density at radius 2 is 1.20 bits per heavy atom. The van der Waals surface area contributed by atoms with Crippen molar-refractivity contribution in [1.82, 2.24) is 0 Å². The molecule has 0 heterocycles. The highest BCUT2D eigenvalue weighted by Crippen LogP contribution is 2.30. The molecule has 10 heteroatoms. The number of benzene rings is 3. The average molecular weight is 605 g/mol. The average Bonchev–Trinajstić information content (AvgIpc) is 3.03. The third-order valence-corrected chi connectivity index (χ3v) is 5.93. The van der Waals surface area contributed by atoms with E-state index in [0.717, 1.165) is 28.3 Å². The minimum atomic E-state index is -1.68. The van der Waals surface area contributed by atoms with Gasteiger partial charge in [-0.2, -0.15) is 8.78 Å². The third kappa shape index (κ3) is 10.9. The van der Waals surface area contributed by atoms with Gasteiger partial charge in [-0.15, -0.1) is 0 Å². The van der Waals surface area contributed by atoms with Gasteiger partial charge in [-0.25, -0.2) is 9.59 Å². The van der Waals surface area contributed by atoms with Crippen molar-refractivity contribution in [1.29, 1.82) is 0 Å². The predicted octanol–water partition coefficient (Wildman–Crippen LogP) is 5.32. The summed E-state index contributed by atoms with van der Waals surface area (Å²) in [5.74, 6) is 5.08. The molecule has 0 aliphatic rings. The van der Waals surface area contributed by atoms with Crippen LogP contribution in [0.1, 0.15) is 23.1 Å². The number of halogens is 2. The summed E-state index contributed by atoms with van der Waals surface area (Å²) in [5.41, 5.74) is 3.64.